The highest BCUT2D eigenvalue weighted by Gasteiger charge is 2.12. The van der Waals surface area contributed by atoms with Crippen molar-refractivity contribution < 1.29 is 4.92 Å². The third kappa shape index (κ3) is 3.67. The highest BCUT2D eigenvalue weighted by Crippen LogP contribution is 2.31. The van der Waals surface area contributed by atoms with E-state index in [2.05, 4.69) is 50.9 Å². The molecule has 0 amide bonds. The SMILES string of the molecule is Cc1ccc(Br)cc1C(Br)Cc1ccc([N+](=O)[O-])cc1. The van der Waals surface area contributed by atoms with Crippen LogP contribution in [0.5, 0.6) is 0 Å². The van der Waals surface area contributed by atoms with Gasteiger partial charge in [-0.05, 0) is 42.2 Å². The first-order valence-electron chi connectivity index (χ1n) is 6.11. The molecule has 0 fully saturated rings. The number of aryl methyl sites for hydroxylation is 1. The lowest BCUT2D eigenvalue weighted by Crippen LogP contribution is -1.98. The largest absolute Gasteiger partial charge is 0.269 e. The van der Waals surface area contributed by atoms with Crippen LogP contribution < -0.4 is 0 Å². The zero-order valence-electron chi connectivity index (χ0n) is 10.8. The van der Waals surface area contributed by atoms with Crippen molar-refractivity contribution in [1.82, 2.24) is 0 Å². The molecule has 2 aromatic rings. The average molecular weight is 399 g/mol. The van der Waals surface area contributed by atoms with Crippen molar-refractivity contribution in [2.75, 3.05) is 0 Å². The number of benzene rings is 2. The Morgan fingerprint density at radius 1 is 1.20 bits per heavy atom. The van der Waals surface area contributed by atoms with Gasteiger partial charge in [0.15, 0.2) is 0 Å². The number of halogens is 2. The van der Waals surface area contributed by atoms with Gasteiger partial charge < -0.3 is 0 Å². The molecule has 2 aromatic carbocycles. The van der Waals surface area contributed by atoms with Crippen LogP contribution in [-0.4, -0.2) is 4.92 Å². The Morgan fingerprint density at radius 2 is 1.85 bits per heavy atom. The molecule has 1 atom stereocenters. The Morgan fingerprint density at radius 3 is 2.45 bits per heavy atom. The summed E-state index contributed by atoms with van der Waals surface area (Å²) in [5, 5.41) is 10.6. The molecule has 0 aliphatic carbocycles. The van der Waals surface area contributed by atoms with Crippen LogP contribution in [0, 0.1) is 17.0 Å². The predicted octanol–water partition coefficient (Wildman–Crippen LogP) is 5.34. The number of alkyl halides is 1. The van der Waals surface area contributed by atoms with Crippen molar-refractivity contribution in [1.29, 1.82) is 0 Å². The Hall–Kier alpha value is -1.20. The molecule has 1 unspecified atom stereocenters. The highest BCUT2D eigenvalue weighted by molar-refractivity contribution is 9.10. The normalized spacial score (nSPS) is 12.2. The Balaban J connectivity index is 2.16. The van der Waals surface area contributed by atoms with E-state index in [0.717, 1.165) is 16.5 Å². The van der Waals surface area contributed by atoms with Gasteiger partial charge >= 0.3 is 0 Å². The lowest BCUT2D eigenvalue weighted by atomic mass is 10.0. The summed E-state index contributed by atoms with van der Waals surface area (Å²) in [6.45, 7) is 2.08. The number of non-ortho nitro benzene ring substituents is 1. The summed E-state index contributed by atoms with van der Waals surface area (Å²) in [4.78, 5) is 10.4. The molecule has 0 saturated heterocycles. The highest BCUT2D eigenvalue weighted by atomic mass is 79.9. The van der Waals surface area contributed by atoms with Gasteiger partial charge in [-0.25, -0.2) is 0 Å². The third-order valence-electron chi connectivity index (χ3n) is 3.14. The summed E-state index contributed by atoms with van der Waals surface area (Å²) in [5.41, 5.74) is 3.63. The van der Waals surface area contributed by atoms with Gasteiger partial charge in [0.2, 0.25) is 0 Å². The Labute approximate surface area is 134 Å². The molecule has 5 heteroatoms. The van der Waals surface area contributed by atoms with E-state index in [4.69, 9.17) is 0 Å². The van der Waals surface area contributed by atoms with Gasteiger partial charge in [0, 0.05) is 21.4 Å². The second kappa shape index (κ2) is 6.50. The van der Waals surface area contributed by atoms with Crippen LogP contribution in [0.25, 0.3) is 0 Å². The zero-order chi connectivity index (χ0) is 14.7. The van der Waals surface area contributed by atoms with Crippen molar-refractivity contribution in [2.24, 2.45) is 0 Å². The molecule has 3 nitrogen and oxygen atoms in total. The number of hydrogen-bond donors (Lipinski definition) is 0. The maximum atomic E-state index is 10.6. The summed E-state index contributed by atoms with van der Waals surface area (Å²) in [6, 6.07) is 12.9. The third-order valence-corrected chi connectivity index (χ3v) is 4.45. The molecule has 0 saturated carbocycles. The van der Waals surface area contributed by atoms with E-state index < -0.39 is 0 Å². The van der Waals surface area contributed by atoms with E-state index in [1.807, 2.05) is 6.07 Å². The molecule has 2 rings (SSSR count). The van der Waals surface area contributed by atoms with Gasteiger partial charge in [0.25, 0.3) is 5.69 Å². The first kappa shape index (κ1) is 15.2. The molecular formula is C15H13Br2NO2. The van der Waals surface area contributed by atoms with Crippen LogP contribution in [0.3, 0.4) is 0 Å². The molecule has 0 aliphatic heterocycles. The fourth-order valence-corrected chi connectivity index (χ4v) is 3.27. The first-order chi connectivity index (χ1) is 9.47. The summed E-state index contributed by atoms with van der Waals surface area (Å²) in [6.07, 6.45) is 0.787. The van der Waals surface area contributed by atoms with E-state index in [1.54, 1.807) is 24.3 Å². The maximum absolute atomic E-state index is 10.6. The first-order valence-corrected chi connectivity index (χ1v) is 7.81. The van der Waals surface area contributed by atoms with E-state index in [-0.39, 0.29) is 15.4 Å². The minimum absolute atomic E-state index is 0.124. The predicted molar refractivity (Wildman–Crippen MR) is 87.3 cm³/mol. The minimum atomic E-state index is -0.381. The average Bonchev–Trinajstić information content (AvgIpc) is 2.42. The number of nitrogens with zero attached hydrogens (tertiary/aromatic N) is 1. The summed E-state index contributed by atoms with van der Waals surface area (Å²) < 4.78 is 1.05. The quantitative estimate of drug-likeness (QED) is 0.396. The number of rotatable bonds is 4. The molecule has 0 heterocycles. The summed E-state index contributed by atoms with van der Waals surface area (Å²) >= 11 is 7.18. The molecule has 20 heavy (non-hydrogen) atoms. The molecule has 0 spiro atoms. The second-order valence-corrected chi connectivity index (χ2v) is 6.62. The molecule has 0 aliphatic rings. The lowest BCUT2D eigenvalue weighted by Gasteiger charge is -2.13. The molecule has 0 N–H and O–H groups in total. The molecule has 0 aromatic heterocycles. The zero-order valence-corrected chi connectivity index (χ0v) is 14.0. The summed E-state index contributed by atoms with van der Waals surface area (Å²) in [5.74, 6) is 0. The van der Waals surface area contributed by atoms with Gasteiger partial charge in [0.1, 0.15) is 0 Å². The van der Waals surface area contributed by atoms with Crippen LogP contribution in [0.4, 0.5) is 5.69 Å². The monoisotopic (exact) mass is 397 g/mol. The standard InChI is InChI=1S/C15H13Br2NO2/c1-10-2-5-12(16)9-14(10)15(17)8-11-3-6-13(7-4-11)18(19)20/h2-7,9,15H,8H2,1H3. The van der Waals surface area contributed by atoms with Crippen LogP contribution in [0.1, 0.15) is 21.5 Å². The van der Waals surface area contributed by atoms with Gasteiger partial charge in [-0.15, -0.1) is 0 Å². The van der Waals surface area contributed by atoms with Crippen molar-refractivity contribution in [3.63, 3.8) is 0 Å². The number of nitro groups is 1. The second-order valence-electron chi connectivity index (χ2n) is 4.60. The number of nitro benzene ring substituents is 1. The molecule has 0 bridgehead atoms. The van der Waals surface area contributed by atoms with Gasteiger partial charge in [0.05, 0.1) is 4.92 Å². The smallest absolute Gasteiger partial charge is 0.258 e. The Bertz CT molecular complexity index is 626. The van der Waals surface area contributed by atoms with Crippen LogP contribution >= 0.6 is 31.9 Å². The lowest BCUT2D eigenvalue weighted by molar-refractivity contribution is -0.384. The Kier molecular flexibility index (Phi) is 4.94. The topological polar surface area (TPSA) is 43.1 Å². The van der Waals surface area contributed by atoms with Gasteiger partial charge in [-0.3, -0.25) is 10.1 Å². The van der Waals surface area contributed by atoms with E-state index in [0.29, 0.717) is 0 Å². The van der Waals surface area contributed by atoms with Crippen LogP contribution in [0.15, 0.2) is 46.9 Å². The van der Waals surface area contributed by atoms with Gasteiger partial charge in [-0.2, -0.15) is 0 Å². The van der Waals surface area contributed by atoms with Crippen molar-refractivity contribution in [2.45, 2.75) is 18.2 Å². The van der Waals surface area contributed by atoms with Gasteiger partial charge in [-0.1, -0.05) is 50.1 Å². The molecular weight excluding hydrogens is 386 g/mol. The number of hydrogen-bond acceptors (Lipinski definition) is 2. The van der Waals surface area contributed by atoms with E-state index in [1.165, 1.54) is 11.1 Å². The van der Waals surface area contributed by atoms with Crippen LogP contribution in [0.2, 0.25) is 0 Å². The molecule has 104 valence electrons. The fourth-order valence-electron chi connectivity index (χ4n) is 2.02. The molecule has 0 radical (unpaired) electrons. The fraction of sp³-hybridized carbons (Fsp3) is 0.200. The van der Waals surface area contributed by atoms with Crippen molar-refractivity contribution in [3.05, 3.63) is 73.7 Å². The van der Waals surface area contributed by atoms with Crippen LogP contribution in [-0.2, 0) is 6.42 Å². The maximum Gasteiger partial charge on any atom is 0.269 e. The minimum Gasteiger partial charge on any atom is -0.258 e. The van der Waals surface area contributed by atoms with E-state index >= 15 is 0 Å². The van der Waals surface area contributed by atoms with Crippen molar-refractivity contribution in [3.8, 4) is 0 Å². The van der Waals surface area contributed by atoms with E-state index in [9.17, 15) is 10.1 Å². The van der Waals surface area contributed by atoms with Crippen molar-refractivity contribution >= 4 is 37.5 Å². The summed E-state index contributed by atoms with van der Waals surface area (Å²) in [7, 11) is 0.